The summed E-state index contributed by atoms with van der Waals surface area (Å²) in [6, 6.07) is 13.6. The van der Waals surface area contributed by atoms with Gasteiger partial charge in [0.25, 0.3) is 0 Å². The zero-order valence-electron chi connectivity index (χ0n) is 16.9. The molecular weight excluding hydrogens is 406 g/mol. The molecule has 3 aromatic rings. The van der Waals surface area contributed by atoms with Gasteiger partial charge in [-0.15, -0.1) is 10.2 Å². The molecule has 8 heteroatoms. The number of hydrogen-bond acceptors (Lipinski definition) is 5. The number of aryl methyl sites for hydroxylation is 2. The second kappa shape index (κ2) is 9.33. The van der Waals surface area contributed by atoms with Gasteiger partial charge >= 0.3 is 0 Å². The lowest BCUT2D eigenvalue weighted by Gasteiger charge is -2.12. The standard InChI is InChI=1S/C21H24ClN5OS/c1-13-5-8-16(9-6-13)24-20(28)15(3)29-21-26-25-19(27(21)4)12-23-17-10-7-14(2)18(22)11-17/h5-11,15,23H,12H2,1-4H3,(H,24,28). The summed E-state index contributed by atoms with van der Waals surface area (Å²) < 4.78 is 1.89. The fourth-order valence-electron chi connectivity index (χ4n) is 2.58. The molecule has 0 spiro atoms. The fourth-order valence-corrected chi connectivity index (χ4v) is 3.59. The first-order chi connectivity index (χ1) is 13.8. The lowest BCUT2D eigenvalue weighted by molar-refractivity contribution is -0.115. The second-order valence-electron chi connectivity index (χ2n) is 6.89. The lowest BCUT2D eigenvalue weighted by atomic mass is 10.2. The predicted octanol–water partition coefficient (Wildman–Crippen LogP) is 4.82. The summed E-state index contributed by atoms with van der Waals surface area (Å²) in [4.78, 5) is 12.5. The van der Waals surface area contributed by atoms with Gasteiger partial charge in [0.05, 0.1) is 11.8 Å². The molecule has 0 bridgehead atoms. The Morgan fingerprint density at radius 3 is 2.52 bits per heavy atom. The molecule has 152 valence electrons. The summed E-state index contributed by atoms with van der Waals surface area (Å²) in [5.74, 6) is 0.700. The van der Waals surface area contributed by atoms with Gasteiger partial charge in [-0.2, -0.15) is 0 Å². The molecular formula is C21H24ClN5OS. The molecule has 1 unspecified atom stereocenters. The average molecular weight is 430 g/mol. The summed E-state index contributed by atoms with van der Waals surface area (Å²) >= 11 is 7.55. The van der Waals surface area contributed by atoms with E-state index in [1.165, 1.54) is 11.8 Å². The molecule has 0 aliphatic carbocycles. The van der Waals surface area contributed by atoms with Crippen molar-refractivity contribution >= 4 is 40.6 Å². The average Bonchev–Trinajstić information content (AvgIpc) is 3.04. The molecule has 1 amide bonds. The first-order valence-corrected chi connectivity index (χ1v) is 10.5. The Labute approximate surface area is 180 Å². The van der Waals surface area contributed by atoms with E-state index in [0.717, 1.165) is 33.3 Å². The highest BCUT2D eigenvalue weighted by atomic mass is 35.5. The van der Waals surface area contributed by atoms with Crippen LogP contribution in [0.2, 0.25) is 5.02 Å². The molecule has 1 aromatic heterocycles. The van der Waals surface area contributed by atoms with Crippen LogP contribution in [-0.4, -0.2) is 25.9 Å². The van der Waals surface area contributed by atoms with Crippen LogP contribution < -0.4 is 10.6 Å². The summed E-state index contributed by atoms with van der Waals surface area (Å²) in [6.45, 7) is 6.34. The number of halogens is 1. The van der Waals surface area contributed by atoms with Crippen LogP contribution in [0.5, 0.6) is 0 Å². The number of aromatic nitrogens is 3. The van der Waals surface area contributed by atoms with Crippen molar-refractivity contribution in [2.45, 2.75) is 37.7 Å². The van der Waals surface area contributed by atoms with Crippen molar-refractivity contribution in [1.82, 2.24) is 14.8 Å². The van der Waals surface area contributed by atoms with E-state index in [0.29, 0.717) is 11.7 Å². The largest absolute Gasteiger partial charge is 0.378 e. The van der Waals surface area contributed by atoms with E-state index in [1.807, 2.05) is 74.9 Å². The Kier molecular flexibility index (Phi) is 6.82. The van der Waals surface area contributed by atoms with Gasteiger partial charge in [-0.1, -0.05) is 47.1 Å². The molecule has 0 aliphatic rings. The van der Waals surface area contributed by atoms with E-state index in [2.05, 4.69) is 20.8 Å². The van der Waals surface area contributed by atoms with Crippen LogP contribution in [-0.2, 0) is 18.4 Å². The van der Waals surface area contributed by atoms with E-state index in [-0.39, 0.29) is 11.2 Å². The fraction of sp³-hybridized carbons (Fsp3) is 0.286. The number of benzene rings is 2. The summed E-state index contributed by atoms with van der Waals surface area (Å²) in [5.41, 5.74) is 3.89. The Hall–Kier alpha value is -2.51. The van der Waals surface area contributed by atoms with Crippen molar-refractivity contribution in [2.24, 2.45) is 7.05 Å². The highest BCUT2D eigenvalue weighted by Gasteiger charge is 2.19. The van der Waals surface area contributed by atoms with Gasteiger partial charge in [0.15, 0.2) is 11.0 Å². The van der Waals surface area contributed by atoms with Crippen LogP contribution in [0.3, 0.4) is 0 Å². The molecule has 3 rings (SSSR count). The molecule has 0 fully saturated rings. The Bertz CT molecular complexity index is 1000. The maximum Gasteiger partial charge on any atom is 0.237 e. The van der Waals surface area contributed by atoms with Gasteiger partial charge < -0.3 is 15.2 Å². The topological polar surface area (TPSA) is 71.8 Å². The number of thioether (sulfide) groups is 1. The number of nitrogens with one attached hydrogen (secondary N) is 2. The molecule has 29 heavy (non-hydrogen) atoms. The molecule has 1 heterocycles. The van der Waals surface area contributed by atoms with Crippen molar-refractivity contribution in [3.63, 3.8) is 0 Å². The van der Waals surface area contributed by atoms with Crippen LogP contribution in [0.4, 0.5) is 11.4 Å². The minimum absolute atomic E-state index is 0.0733. The Morgan fingerprint density at radius 1 is 1.14 bits per heavy atom. The van der Waals surface area contributed by atoms with Gasteiger partial charge in [0.1, 0.15) is 0 Å². The van der Waals surface area contributed by atoms with Crippen LogP contribution in [0.15, 0.2) is 47.6 Å². The van der Waals surface area contributed by atoms with Crippen molar-refractivity contribution in [2.75, 3.05) is 10.6 Å². The second-order valence-corrected chi connectivity index (χ2v) is 8.61. The summed E-state index contributed by atoms with van der Waals surface area (Å²) in [7, 11) is 1.89. The molecule has 0 saturated heterocycles. The van der Waals surface area contributed by atoms with Gasteiger partial charge in [0, 0.05) is 23.4 Å². The maximum atomic E-state index is 12.5. The molecule has 2 aromatic carbocycles. The van der Waals surface area contributed by atoms with E-state index >= 15 is 0 Å². The molecule has 0 radical (unpaired) electrons. The minimum Gasteiger partial charge on any atom is -0.378 e. The maximum absolute atomic E-state index is 12.5. The van der Waals surface area contributed by atoms with E-state index in [4.69, 9.17) is 11.6 Å². The minimum atomic E-state index is -0.309. The van der Waals surface area contributed by atoms with E-state index in [1.54, 1.807) is 0 Å². The number of rotatable bonds is 7. The highest BCUT2D eigenvalue weighted by molar-refractivity contribution is 8.00. The van der Waals surface area contributed by atoms with Crippen molar-refractivity contribution < 1.29 is 4.79 Å². The van der Waals surface area contributed by atoms with Gasteiger partial charge in [-0.05, 0) is 50.6 Å². The SMILES string of the molecule is Cc1ccc(NC(=O)C(C)Sc2nnc(CNc3ccc(C)c(Cl)c3)n2C)cc1. The van der Waals surface area contributed by atoms with Crippen LogP contribution in [0.1, 0.15) is 23.9 Å². The normalized spacial score (nSPS) is 11.9. The number of nitrogens with zero attached hydrogens (tertiary/aromatic N) is 3. The third-order valence-corrected chi connectivity index (χ3v) is 6.06. The number of hydrogen-bond donors (Lipinski definition) is 2. The third kappa shape index (κ3) is 5.52. The van der Waals surface area contributed by atoms with Crippen LogP contribution in [0, 0.1) is 13.8 Å². The molecule has 0 aliphatic heterocycles. The zero-order valence-corrected chi connectivity index (χ0v) is 18.4. The molecule has 1 atom stereocenters. The summed E-state index contributed by atoms with van der Waals surface area (Å²) in [6.07, 6.45) is 0. The van der Waals surface area contributed by atoms with E-state index < -0.39 is 0 Å². The van der Waals surface area contributed by atoms with Gasteiger partial charge in [0.2, 0.25) is 5.91 Å². The summed E-state index contributed by atoms with van der Waals surface area (Å²) in [5, 5.41) is 15.8. The quantitative estimate of drug-likeness (QED) is 0.527. The number of carbonyl (C=O) groups is 1. The number of carbonyl (C=O) groups excluding carboxylic acids is 1. The Morgan fingerprint density at radius 2 is 1.83 bits per heavy atom. The molecule has 0 saturated carbocycles. The predicted molar refractivity (Wildman–Crippen MR) is 120 cm³/mol. The van der Waals surface area contributed by atoms with Crippen LogP contribution >= 0.6 is 23.4 Å². The van der Waals surface area contributed by atoms with Gasteiger partial charge in [-0.3, -0.25) is 4.79 Å². The van der Waals surface area contributed by atoms with Crippen molar-refractivity contribution in [1.29, 1.82) is 0 Å². The Balaban J connectivity index is 1.58. The highest BCUT2D eigenvalue weighted by Crippen LogP contribution is 2.24. The van der Waals surface area contributed by atoms with Crippen molar-refractivity contribution in [3.8, 4) is 0 Å². The molecule has 2 N–H and O–H groups in total. The van der Waals surface area contributed by atoms with Crippen LogP contribution in [0.25, 0.3) is 0 Å². The third-order valence-electron chi connectivity index (χ3n) is 4.52. The van der Waals surface area contributed by atoms with Crippen molar-refractivity contribution in [3.05, 3.63) is 64.4 Å². The zero-order chi connectivity index (χ0) is 21.0. The van der Waals surface area contributed by atoms with Gasteiger partial charge in [-0.25, -0.2) is 0 Å². The first kappa shape index (κ1) is 21.2. The number of anilines is 2. The smallest absolute Gasteiger partial charge is 0.237 e. The number of amides is 1. The van der Waals surface area contributed by atoms with E-state index in [9.17, 15) is 4.79 Å². The monoisotopic (exact) mass is 429 g/mol. The lowest BCUT2D eigenvalue weighted by Crippen LogP contribution is -2.22. The molecule has 6 nitrogen and oxygen atoms in total. The first-order valence-electron chi connectivity index (χ1n) is 9.26.